The van der Waals surface area contributed by atoms with Crippen molar-refractivity contribution in [2.24, 2.45) is 10.9 Å². The summed E-state index contributed by atoms with van der Waals surface area (Å²) in [5, 5.41) is 9.41. The summed E-state index contributed by atoms with van der Waals surface area (Å²) < 4.78 is 0. The largest absolute Gasteiger partial charge is 0.392 e. The van der Waals surface area contributed by atoms with Crippen LogP contribution in [0.15, 0.2) is 23.2 Å². The minimum Gasteiger partial charge on any atom is -0.392 e. The first-order valence-corrected chi connectivity index (χ1v) is 8.83. The number of benzene rings is 1. The van der Waals surface area contributed by atoms with E-state index in [1.165, 1.54) is 24.8 Å². The van der Waals surface area contributed by atoms with Gasteiger partial charge < -0.3 is 5.11 Å². The SMILES string of the molecule is CC1(C)Cc2ccc(CO)cc2C(CC(=O)C2CCCCC2)=N1. The van der Waals surface area contributed by atoms with Crippen LogP contribution in [0.1, 0.15) is 69.1 Å². The van der Waals surface area contributed by atoms with E-state index < -0.39 is 0 Å². The Morgan fingerprint density at radius 3 is 2.70 bits per heavy atom. The monoisotopic (exact) mass is 313 g/mol. The lowest BCUT2D eigenvalue weighted by molar-refractivity contribution is -0.122. The number of carbonyl (C=O) groups is 1. The van der Waals surface area contributed by atoms with Crippen LogP contribution >= 0.6 is 0 Å². The van der Waals surface area contributed by atoms with Gasteiger partial charge in [0.15, 0.2) is 0 Å². The van der Waals surface area contributed by atoms with Gasteiger partial charge in [-0.15, -0.1) is 0 Å². The maximum atomic E-state index is 12.7. The number of hydrogen-bond acceptors (Lipinski definition) is 3. The first-order chi connectivity index (χ1) is 11.0. The smallest absolute Gasteiger partial charge is 0.141 e. The number of aliphatic imine (C=N–C) groups is 1. The van der Waals surface area contributed by atoms with E-state index >= 15 is 0 Å². The Balaban J connectivity index is 1.87. The number of ketones is 1. The third-order valence-electron chi connectivity index (χ3n) is 5.13. The molecule has 1 aromatic carbocycles. The molecule has 1 aliphatic carbocycles. The van der Waals surface area contributed by atoms with Gasteiger partial charge in [-0.2, -0.15) is 0 Å². The molecule has 1 saturated carbocycles. The molecule has 3 rings (SSSR count). The second kappa shape index (κ2) is 6.56. The van der Waals surface area contributed by atoms with Crippen molar-refractivity contribution in [3.8, 4) is 0 Å². The summed E-state index contributed by atoms with van der Waals surface area (Å²) in [6, 6.07) is 6.07. The number of Topliss-reactive ketones (excluding diaryl/α,β-unsaturated/α-hetero) is 1. The predicted molar refractivity (Wildman–Crippen MR) is 92.9 cm³/mol. The normalized spacial score (nSPS) is 20.7. The van der Waals surface area contributed by atoms with Crippen LogP contribution in [0.4, 0.5) is 0 Å². The molecule has 1 N–H and O–H groups in total. The Labute approximate surface area is 138 Å². The lowest BCUT2D eigenvalue weighted by atomic mass is 9.81. The maximum Gasteiger partial charge on any atom is 0.141 e. The van der Waals surface area contributed by atoms with Crippen molar-refractivity contribution in [1.82, 2.24) is 0 Å². The highest BCUT2D eigenvalue weighted by molar-refractivity contribution is 6.13. The molecule has 1 aromatic rings. The van der Waals surface area contributed by atoms with Crippen molar-refractivity contribution in [2.45, 2.75) is 70.9 Å². The number of nitrogens with zero attached hydrogens (tertiary/aromatic N) is 1. The second-order valence-electron chi connectivity index (χ2n) is 7.68. The molecule has 1 heterocycles. The van der Waals surface area contributed by atoms with E-state index in [4.69, 9.17) is 4.99 Å². The minimum absolute atomic E-state index is 0.0283. The average molecular weight is 313 g/mol. The molecule has 1 fully saturated rings. The zero-order chi connectivity index (χ0) is 16.4. The van der Waals surface area contributed by atoms with Gasteiger partial charge in [0.25, 0.3) is 0 Å². The number of fused-ring (bicyclic) bond motifs is 1. The Bertz CT molecular complexity index is 625. The molecular weight excluding hydrogens is 286 g/mol. The number of rotatable bonds is 4. The first kappa shape index (κ1) is 16.4. The van der Waals surface area contributed by atoms with E-state index in [1.54, 1.807) is 0 Å². The van der Waals surface area contributed by atoms with Crippen LogP contribution in [0.25, 0.3) is 0 Å². The zero-order valence-electron chi connectivity index (χ0n) is 14.3. The van der Waals surface area contributed by atoms with Crippen LogP contribution in [-0.2, 0) is 17.8 Å². The highest BCUT2D eigenvalue weighted by Gasteiger charge is 2.29. The first-order valence-electron chi connectivity index (χ1n) is 8.83. The number of carbonyl (C=O) groups excluding carboxylic acids is 1. The molecular formula is C20H27NO2. The topological polar surface area (TPSA) is 49.7 Å². The van der Waals surface area contributed by atoms with Gasteiger partial charge in [0.2, 0.25) is 0 Å². The lowest BCUT2D eigenvalue weighted by Crippen LogP contribution is -2.31. The molecule has 0 amide bonds. The Morgan fingerprint density at radius 1 is 1.26 bits per heavy atom. The molecule has 3 heteroatoms. The number of hydrogen-bond donors (Lipinski definition) is 1. The Morgan fingerprint density at radius 2 is 2.00 bits per heavy atom. The molecule has 0 radical (unpaired) electrons. The fourth-order valence-corrected chi connectivity index (χ4v) is 3.94. The van der Waals surface area contributed by atoms with Gasteiger partial charge in [0, 0.05) is 12.3 Å². The van der Waals surface area contributed by atoms with Crippen LogP contribution in [0.5, 0.6) is 0 Å². The van der Waals surface area contributed by atoms with Gasteiger partial charge in [0.05, 0.1) is 17.9 Å². The molecule has 0 aromatic heterocycles. The van der Waals surface area contributed by atoms with Crippen molar-refractivity contribution < 1.29 is 9.90 Å². The van der Waals surface area contributed by atoms with E-state index in [-0.39, 0.29) is 18.1 Å². The number of aliphatic hydroxyl groups is 1. The summed E-state index contributed by atoms with van der Waals surface area (Å²) in [5.74, 6) is 0.572. The fourth-order valence-electron chi connectivity index (χ4n) is 3.94. The van der Waals surface area contributed by atoms with Crippen LogP contribution < -0.4 is 0 Å². The summed E-state index contributed by atoms with van der Waals surface area (Å²) in [7, 11) is 0. The molecule has 3 nitrogen and oxygen atoms in total. The fraction of sp³-hybridized carbons (Fsp3) is 0.600. The molecule has 0 unspecified atom stereocenters. The maximum absolute atomic E-state index is 12.7. The van der Waals surface area contributed by atoms with Crippen molar-refractivity contribution in [3.63, 3.8) is 0 Å². The van der Waals surface area contributed by atoms with Crippen molar-refractivity contribution >= 4 is 11.5 Å². The van der Waals surface area contributed by atoms with Crippen molar-refractivity contribution in [3.05, 3.63) is 34.9 Å². The van der Waals surface area contributed by atoms with Crippen LogP contribution in [0.3, 0.4) is 0 Å². The minimum atomic E-state index is -0.157. The van der Waals surface area contributed by atoms with E-state index in [0.29, 0.717) is 12.2 Å². The Hall–Kier alpha value is -1.48. The third kappa shape index (κ3) is 3.72. The van der Waals surface area contributed by atoms with E-state index in [2.05, 4.69) is 19.9 Å². The van der Waals surface area contributed by atoms with Crippen LogP contribution in [-0.4, -0.2) is 22.1 Å². The van der Waals surface area contributed by atoms with E-state index in [0.717, 1.165) is 36.1 Å². The van der Waals surface area contributed by atoms with Crippen LogP contribution in [0.2, 0.25) is 0 Å². The van der Waals surface area contributed by atoms with Gasteiger partial charge in [-0.1, -0.05) is 31.4 Å². The third-order valence-corrected chi connectivity index (χ3v) is 5.13. The van der Waals surface area contributed by atoms with Gasteiger partial charge in [0.1, 0.15) is 5.78 Å². The highest BCUT2D eigenvalue weighted by Crippen LogP contribution is 2.31. The van der Waals surface area contributed by atoms with E-state index in [1.807, 2.05) is 12.1 Å². The molecule has 0 atom stereocenters. The van der Waals surface area contributed by atoms with Crippen molar-refractivity contribution in [1.29, 1.82) is 0 Å². The zero-order valence-corrected chi connectivity index (χ0v) is 14.3. The molecule has 23 heavy (non-hydrogen) atoms. The second-order valence-corrected chi connectivity index (χ2v) is 7.68. The molecule has 2 aliphatic rings. The van der Waals surface area contributed by atoms with Gasteiger partial charge in [-0.25, -0.2) is 0 Å². The molecule has 0 spiro atoms. The van der Waals surface area contributed by atoms with Gasteiger partial charge >= 0.3 is 0 Å². The molecule has 0 bridgehead atoms. The standard InChI is InChI=1S/C20H27NO2/c1-20(2)12-16-9-8-14(13-22)10-17(16)18(21-20)11-19(23)15-6-4-3-5-7-15/h8-10,15,22H,3-7,11-13H2,1-2H3. The summed E-state index contributed by atoms with van der Waals surface area (Å²) >= 11 is 0. The van der Waals surface area contributed by atoms with Gasteiger partial charge in [-0.05, 0) is 55.9 Å². The predicted octanol–water partition coefficient (Wildman–Crippen LogP) is 3.84. The highest BCUT2D eigenvalue weighted by atomic mass is 16.3. The van der Waals surface area contributed by atoms with E-state index in [9.17, 15) is 9.90 Å². The van der Waals surface area contributed by atoms with Gasteiger partial charge in [-0.3, -0.25) is 9.79 Å². The number of aliphatic hydroxyl groups excluding tert-OH is 1. The lowest BCUT2D eigenvalue weighted by Gasteiger charge is -2.30. The molecule has 1 aliphatic heterocycles. The molecule has 0 saturated heterocycles. The summed E-state index contributed by atoms with van der Waals surface area (Å²) in [6.07, 6.45) is 7.03. The average Bonchev–Trinajstić information content (AvgIpc) is 2.54. The summed E-state index contributed by atoms with van der Waals surface area (Å²) in [4.78, 5) is 17.6. The Kier molecular flexibility index (Phi) is 4.67. The quantitative estimate of drug-likeness (QED) is 0.918. The summed E-state index contributed by atoms with van der Waals surface area (Å²) in [5.41, 5.74) is 3.97. The molecule has 124 valence electrons. The van der Waals surface area contributed by atoms with Crippen LogP contribution in [0, 0.1) is 5.92 Å². The summed E-state index contributed by atoms with van der Waals surface area (Å²) in [6.45, 7) is 4.28. The van der Waals surface area contributed by atoms with Crippen molar-refractivity contribution in [2.75, 3.05) is 0 Å².